The van der Waals surface area contributed by atoms with Gasteiger partial charge in [0.1, 0.15) is 0 Å². The van der Waals surface area contributed by atoms with Crippen molar-refractivity contribution in [1.29, 1.82) is 0 Å². The smallest absolute Gasteiger partial charge is 0.317 e. The van der Waals surface area contributed by atoms with Crippen LogP contribution in [0.5, 0.6) is 0 Å². The summed E-state index contributed by atoms with van der Waals surface area (Å²) in [4.78, 5) is 14.1. The van der Waals surface area contributed by atoms with E-state index in [0.29, 0.717) is 18.5 Å². The number of aryl methyl sites for hydroxylation is 2. The maximum atomic E-state index is 12.2. The van der Waals surface area contributed by atoms with Crippen molar-refractivity contribution in [2.24, 2.45) is 0 Å². The Kier molecular flexibility index (Phi) is 4.37. The lowest BCUT2D eigenvalue weighted by Gasteiger charge is -2.39. The molecule has 3 rings (SSSR count). The SMILES string of the molecule is Cc1cc(C)n(C2CN(C(=O)NC[C@H](C)c3ccccc3)C2)n1. The number of carbonyl (C=O) groups is 1. The van der Waals surface area contributed by atoms with Crippen molar-refractivity contribution >= 4 is 6.03 Å². The van der Waals surface area contributed by atoms with Crippen molar-refractivity contribution in [1.82, 2.24) is 20.0 Å². The third-order valence-electron chi connectivity index (χ3n) is 4.47. The van der Waals surface area contributed by atoms with E-state index in [4.69, 9.17) is 0 Å². The first kappa shape index (κ1) is 15.6. The summed E-state index contributed by atoms with van der Waals surface area (Å²) in [5, 5.41) is 7.53. The van der Waals surface area contributed by atoms with Gasteiger partial charge in [0.2, 0.25) is 0 Å². The molecule has 0 saturated carbocycles. The number of rotatable bonds is 4. The molecule has 5 heteroatoms. The van der Waals surface area contributed by atoms with Crippen LogP contribution in [-0.2, 0) is 0 Å². The number of urea groups is 1. The summed E-state index contributed by atoms with van der Waals surface area (Å²) >= 11 is 0. The van der Waals surface area contributed by atoms with Crippen LogP contribution in [0.3, 0.4) is 0 Å². The highest BCUT2D eigenvalue weighted by molar-refractivity contribution is 5.75. The topological polar surface area (TPSA) is 50.2 Å². The number of hydrogen-bond acceptors (Lipinski definition) is 2. The molecular formula is C18H24N4O. The average Bonchev–Trinajstić information content (AvgIpc) is 2.83. The Morgan fingerprint density at radius 3 is 2.61 bits per heavy atom. The molecule has 1 aliphatic heterocycles. The number of nitrogens with one attached hydrogen (secondary N) is 1. The first-order valence-corrected chi connectivity index (χ1v) is 8.15. The highest BCUT2D eigenvalue weighted by atomic mass is 16.2. The van der Waals surface area contributed by atoms with Crippen molar-refractivity contribution in [2.75, 3.05) is 19.6 Å². The Morgan fingerprint density at radius 2 is 2.00 bits per heavy atom. The largest absolute Gasteiger partial charge is 0.337 e. The van der Waals surface area contributed by atoms with Crippen LogP contribution in [0.1, 0.15) is 35.8 Å². The summed E-state index contributed by atoms with van der Waals surface area (Å²) < 4.78 is 2.03. The molecule has 0 unspecified atom stereocenters. The summed E-state index contributed by atoms with van der Waals surface area (Å²) in [6, 6.07) is 12.7. The molecule has 5 nitrogen and oxygen atoms in total. The van der Waals surface area contributed by atoms with E-state index in [2.05, 4.69) is 42.5 Å². The summed E-state index contributed by atoms with van der Waals surface area (Å²) in [5.74, 6) is 0.313. The Labute approximate surface area is 137 Å². The van der Waals surface area contributed by atoms with Crippen LogP contribution in [0.2, 0.25) is 0 Å². The predicted octanol–water partition coefficient (Wildman–Crippen LogP) is 2.87. The number of likely N-dealkylation sites (tertiary alicyclic amines) is 1. The van der Waals surface area contributed by atoms with E-state index in [1.165, 1.54) is 5.56 Å². The van der Waals surface area contributed by atoms with E-state index in [0.717, 1.165) is 24.5 Å². The lowest BCUT2D eigenvalue weighted by Crippen LogP contribution is -2.55. The maximum absolute atomic E-state index is 12.2. The van der Waals surface area contributed by atoms with Gasteiger partial charge in [-0.1, -0.05) is 37.3 Å². The Balaban J connectivity index is 1.47. The molecule has 122 valence electrons. The van der Waals surface area contributed by atoms with Crippen LogP contribution in [-0.4, -0.2) is 40.3 Å². The summed E-state index contributed by atoms with van der Waals surface area (Å²) in [5.41, 5.74) is 3.43. The monoisotopic (exact) mass is 312 g/mol. The minimum Gasteiger partial charge on any atom is -0.337 e. The van der Waals surface area contributed by atoms with Gasteiger partial charge in [-0.15, -0.1) is 0 Å². The minimum absolute atomic E-state index is 0.0190. The van der Waals surface area contributed by atoms with Crippen LogP contribution >= 0.6 is 0 Å². The first-order valence-electron chi connectivity index (χ1n) is 8.15. The molecule has 2 amide bonds. The number of carbonyl (C=O) groups excluding carboxylic acids is 1. The number of aromatic nitrogens is 2. The fourth-order valence-electron chi connectivity index (χ4n) is 3.04. The van der Waals surface area contributed by atoms with Gasteiger partial charge < -0.3 is 10.2 Å². The molecule has 2 aromatic rings. The van der Waals surface area contributed by atoms with Gasteiger partial charge in [-0.3, -0.25) is 4.68 Å². The van der Waals surface area contributed by atoms with E-state index in [9.17, 15) is 4.79 Å². The van der Waals surface area contributed by atoms with Crippen molar-refractivity contribution in [2.45, 2.75) is 32.7 Å². The lowest BCUT2D eigenvalue weighted by molar-refractivity contribution is 0.117. The zero-order valence-electron chi connectivity index (χ0n) is 14.0. The number of benzene rings is 1. The normalized spacial score (nSPS) is 16.0. The first-order chi connectivity index (χ1) is 11.0. The molecule has 1 aromatic carbocycles. The highest BCUT2D eigenvalue weighted by Gasteiger charge is 2.33. The number of amides is 2. The zero-order valence-corrected chi connectivity index (χ0v) is 14.0. The van der Waals surface area contributed by atoms with Gasteiger partial charge in [-0.2, -0.15) is 5.10 Å². The standard InChI is InChI=1S/C18H24N4O/c1-13(16-7-5-4-6-8-16)10-19-18(23)21-11-17(12-21)22-15(3)9-14(2)20-22/h4-9,13,17H,10-12H2,1-3H3,(H,19,23)/t13-/m0/s1. The third-order valence-corrected chi connectivity index (χ3v) is 4.47. The molecule has 0 radical (unpaired) electrons. The van der Waals surface area contributed by atoms with Gasteiger partial charge in [-0.25, -0.2) is 4.79 Å². The fraction of sp³-hybridized carbons (Fsp3) is 0.444. The molecule has 1 N–H and O–H groups in total. The molecule has 1 atom stereocenters. The fourth-order valence-corrected chi connectivity index (χ4v) is 3.04. The molecular weight excluding hydrogens is 288 g/mol. The molecule has 0 spiro atoms. The molecule has 1 aliphatic rings. The van der Waals surface area contributed by atoms with Crippen LogP contribution in [0, 0.1) is 13.8 Å². The third kappa shape index (κ3) is 3.38. The number of hydrogen-bond donors (Lipinski definition) is 1. The van der Waals surface area contributed by atoms with E-state index in [-0.39, 0.29) is 6.03 Å². The van der Waals surface area contributed by atoms with E-state index >= 15 is 0 Å². The highest BCUT2D eigenvalue weighted by Crippen LogP contribution is 2.22. The maximum Gasteiger partial charge on any atom is 0.317 e. The molecule has 0 bridgehead atoms. The van der Waals surface area contributed by atoms with Gasteiger partial charge in [0.05, 0.1) is 11.7 Å². The molecule has 0 aliphatic carbocycles. The molecule has 1 saturated heterocycles. The van der Waals surface area contributed by atoms with Crippen LogP contribution in [0.25, 0.3) is 0 Å². The van der Waals surface area contributed by atoms with E-state index in [1.807, 2.05) is 34.7 Å². The van der Waals surface area contributed by atoms with Crippen molar-refractivity contribution in [3.63, 3.8) is 0 Å². The Hall–Kier alpha value is -2.30. The van der Waals surface area contributed by atoms with Crippen molar-refractivity contribution < 1.29 is 4.79 Å². The molecule has 1 fully saturated rings. The van der Waals surface area contributed by atoms with Crippen LogP contribution in [0.15, 0.2) is 36.4 Å². The summed E-state index contributed by atoms with van der Waals surface area (Å²) in [7, 11) is 0. The predicted molar refractivity (Wildman–Crippen MR) is 90.6 cm³/mol. The molecule has 2 heterocycles. The average molecular weight is 312 g/mol. The van der Waals surface area contributed by atoms with Gasteiger partial charge in [0.15, 0.2) is 0 Å². The van der Waals surface area contributed by atoms with E-state index in [1.54, 1.807) is 0 Å². The van der Waals surface area contributed by atoms with Gasteiger partial charge >= 0.3 is 6.03 Å². The van der Waals surface area contributed by atoms with Crippen molar-refractivity contribution in [3.8, 4) is 0 Å². The summed E-state index contributed by atoms with van der Waals surface area (Å²) in [6.07, 6.45) is 0. The Morgan fingerprint density at radius 1 is 1.30 bits per heavy atom. The van der Waals surface area contributed by atoms with Gasteiger partial charge in [-0.05, 0) is 31.4 Å². The van der Waals surface area contributed by atoms with Gasteiger partial charge in [0.25, 0.3) is 0 Å². The zero-order chi connectivity index (χ0) is 16.4. The Bertz CT molecular complexity index is 674. The van der Waals surface area contributed by atoms with Gasteiger partial charge in [0, 0.05) is 25.3 Å². The van der Waals surface area contributed by atoms with Crippen LogP contribution in [0.4, 0.5) is 4.79 Å². The second-order valence-electron chi connectivity index (χ2n) is 6.43. The molecule has 23 heavy (non-hydrogen) atoms. The van der Waals surface area contributed by atoms with E-state index < -0.39 is 0 Å². The second-order valence-corrected chi connectivity index (χ2v) is 6.43. The van der Waals surface area contributed by atoms with Crippen LogP contribution < -0.4 is 5.32 Å². The minimum atomic E-state index is 0.0190. The second kappa shape index (κ2) is 6.44. The quantitative estimate of drug-likeness (QED) is 0.944. The number of nitrogens with zero attached hydrogens (tertiary/aromatic N) is 3. The summed E-state index contributed by atoms with van der Waals surface area (Å²) in [6.45, 7) is 8.30. The molecule has 1 aromatic heterocycles. The lowest BCUT2D eigenvalue weighted by atomic mass is 10.0. The van der Waals surface area contributed by atoms with Crippen molar-refractivity contribution in [3.05, 3.63) is 53.3 Å².